The van der Waals surface area contributed by atoms with Gasteiger partial charge in [0.1, 0.15) is 0 Å². The molecule has 0 radical (unpaired) electrons. The van der Waals surface area contributed by atoms with Crippen molar-refractivity contribution >= 4 is 16.8 Å². The summed E-state index contributed by atoms with van der Waals surface area (Å²) in [5, 5.41) is 4.45. The first-order valence-corrected chi connectivity index (χ1v) is 11.7. The molecule has 2 aliphatic rings. The zero-order valence-electron chi connectivity index (χ0n) is 18.4. The molecular weight excluding hydrogens is 384 g/mol. The number of fused-ring (bicyclic) bond motifs is 5. The van der Waals surface area contributed by atoms with Gasteiger partial charge in [0.2, 0.25) is 5.91 Å². The smallest absolute Gasteiger partial charge is 0.220 e. The van der Waals surface area contributed by atoms with Crippen LogP contribution in [0.4, 0.5) is 0 Å². The highest BCUT2D eigenvalue weighted by molar-refractivity contribution is 5.85. The van der Waals surface area contributed by atoms with Crippen molar-refractivity contribution in [1.29, 1.82) is 0 Å². The zero-order chi connectivity index (χ0) is 21.3. The quantitative estimate of drug-likeness (QED) is 0.610. The Hall–Kier alpha value is -2.66. The van der Waals surface area contributed by atoms with Crippen molar-refractivity contribution in [1.82, 2.24) is 20.2 Å². The van der Waals surface area contributed by atoms with E-state index in [1.807, 2.05) is 18.2 Å². The molecule has 5 rings (SSSR count). The van der Waals surface area contributed by atoms with E-state index in [1.165, 1.54) is 35.0 Å². The van der Waals surface area contributed by atoms with Gasteiger partial charge in [0.25, 0.3) is 0 Å². The van der Waals surface area contributed by atoms with E-state index in [0.717, 1.165) is 38.0 Å². The third kappa shape index (κ3) is 3.76. The van der Waals surface area contributed by atoms with Gasteiger partial charge in [-0.15, -0.1) is 0 Å². The number of carbonyl (C=O) groups excluding carboxylic acids is 1. The first kappa shape index (κ1) is 20.3. The van der Waals surface area contributed by atoms with Gasteiger partial charge in [0, 0.05) is 35.8 Å². The maximum absolute atomic E-state index is 12.7. The lowest BCUT2D eigenvalue weighted by Crippen LogP contribution is -2.49. The topological polar surface area (TPSA) is 61.0 Å². The summed E-state index contributed by atoms with van der Waals surface area (Å²) < 4.78 is 0. The van der Waals surface area contributed by atoms with Crippen LogP contribution in [0.3, 0.4) is 0 Å². The van der Waals surface area contributed by atoms with Gasteiger partial charge in [0.15, 0.2) is 0 Å². The number of hydrogen-bond donors (Lipinski definition) is 2. The fourth-order valence-electron chi connectivity index (χ4n) is 5.95. The van der Waals surface area contributed by atoms with Gasteiger partial charge in [-0.2, -0.15) is 0 Å². The SMILES string of the molecule is CC[C@]1(CCC(=O)NCc2ccccn2)CCCN2CCc3c([nH]c4ccccc34)[C@@H]21. The largest absolute Gasteiger partial charge is 0.357 e. The summed E-state index contributed by atoms with van der Waals surface area (Å²) in [6, 6.07) is 14.9. The molecular formula is C26H32N4O. The normalized spacial score (nSPS) is 23.3. The van der Waals surface area contributed by atoms with Gasteiger partial charge in [-0.1, -0.05) is 31.2 Å². The summed E-state index contributed by atoms with van der Waals surface area (Å²) in [6.07, 6.45) is 7.87. The van der Waals surface area contributed by atoms with Gasteiger partial charge in [-0.3, -0.25) is 14.7 Å². The van der Waals surface area contributed by atoms with E-state index >= 15 is 0 Å². The van der Waals surface area contributed by atoms with Crippen LogP contribution >= 0.6 is 0 Å². The number of benzene rings is 1. The van der Waals surface area contributed by atoms with Crippen LogP contribution in [0.5, 0.6) is 0 Å². The number of aromatic amines is 1. The molecule has 2 N–H and O–H groups in total. The van der Waals surface area contributed by atoms with E-state index in [4.69, 9.17) is 0 Å². The van der Waals surface area contributed by atoms with Crippen molar-refractivity contribution in [3.8, 4) is 0 Å². The average Bonchev–Trinajstić information content (AvgIpc) is 3.20. The Morgan fingerprint density at radius 3 is 2.94 bits per heavy atom. The van der Waals surface area contributed by atoms with Crippen LogP contribution in [0, 0.1) is 5.41 Å². The number of carbonyl (C=O) groups is 1. The van der Waals surface area contributed by atoms with Gasteiger partial charge < -0.3 is 10.3 Å². The van der Waals surface area contributed by atoms with E-state index in [2.05, 4.69) is 51.4 Å². The lowest BCUT2D eigenvalue weighted by Gasteiger charge is -2.52. The van der Waals surface area contributed by atoms with Crippen molar-refractivity contribution in [3.05, 3.63) is 65.6 Å². The monoisotopic (exact) mass is 416 g/mol. The maximum Gasteiger partial charge on any atom is 0.220 e. The molecule has 31 heavy (non-hydrogen) atoms. The van der Waals surface area contributed by atoms with E-state index in [-0.39, 0.29) is 11.3 Å². The number of nitrogens with zero attached hydrogens (tertiary/aromatic N) is 2. The van der Waals surface area contributed by atoms with E-state index in [1.54, 1.807) is 6.20 Å². The number of piperidine rings is 1. The summed E-state index contributed by atoms with van der Waals surface area (Å²) in [7, 11) is 0. The molecule has 2 aromatic heterocycles. The predicted molar refractivity (Wildman–Crippen MR) is 124 cm³/mol. The minimum Gasteiger partial charge on any atom is -0.357 e. The molecule has 0 bridgehead atoms. The van der Waals surface area contributed by atoms with Crippen LogP contribution in [0.2, 0.25) is 0 Å². The number of nitrogens with one attached hydrogen (secondary N) is 2. The van der Waals surface area contributed by atoms with Gasteiger partial charge in [-0.05, 0) is 67.8 Å². The van der Waals surface area contributed by atoms with Crippen LogP contribution < -0.4 is 5.32 Å². The number of hydrogen-bond acceptors (Lipinski definition) is 3. The van der Waals surface area contributed by atoms with E-state index in [9.17, 15) is 4.79 Å². The minimum absolute atomic E-state index is 0.128. The van der Waals surface area contributed by atoms with Crippen LogP contribution in [0.1, 0.15) is 62.0 Å². The second kappa shape index (κ2) is 8.46. The molecule has 162 valence electrons. The zero-order valence-corrected chi connectivity index (χ0v) is 18.4. The van der Waals surface area contributed by atoms with Gasteiger partial charge in [0.05, 0.1) is 18.3 Å². The molecule has 0 aliphatic carbocycles. The molecule has 2 atom stereocenters. The summed E-state index contributed by atoms with van der Waals surface area (Å²) in [5.74, 6) is 0.128. The Labute approximate surface area is 184 Å². The number of amides is 1. The third-order valence-corrected chi connectivity index (χ3v) is 7.58. The Morgan fingerprint density at radius 1 is 1.23 bits per heavy atom. The Balaban J connectivity index is 1.36. The van der Waals surface area contributed by atoms with E-state index in [0.29, 0.717) is 19.0 Å². The summed E-state index contributed by atoms with van der Waals surface area (Å²) in [4.78, 5) is 23.5. The lowest BCUT2D eigenvalue weighted by atomic mass is 9.65. The minimum atomic E-state index is 0.128. The Bertz CT molecular complexity index is 1060. The highest BCUT2D eigenvalue weighted by atomic mass is 16.1. The molecule has 0 saturated carbocycles. The summed E-state index contributed by atoms with van der Waals surface area (Å²) in [6.45, 7) is 5.09. The highest BCUT2D eigenvalue weighted by Gasteiger charge is 2.47. The van der Waals surface area contributed by atoms with Crippen molar-refractivity contribution in [2.45, 2.75) is 58.0 Å². The first-order chi connectivity index (χ1) is 15.2. The van der Waals surface area contributed by atoms with Gasteiger partial charge >= 0.3 is 0 Å². The molecule has 1 fully saturated rings. The van der Waals surface area contributed by atoms with Crippen LogP contribution in [-0.4, -0.2) is 33.9 Å². The Kier molecular flexibility index (Phi) is 5.53. The van der Waals surface area contributed by atoms with Crippen LogP contribution in [0.25, 0.3) is 10.9 Å². The fraction of sp³-hybridized carbons (Fsp3) is 0.462. The Morgan fingerprint density at radius 2 is 2.10 bits per heavy atom. The van der Waals surface area contributed by atoms with Crippen LogP contribution in [-0.2, 0) is 17.8 Å². The molecule has 3 aromatic rings. The molecule has 4 heterocycles. The molecule has 1 amide bonds. The number of para-hydroxylation sites is 1. The second-order valence-corrected chi connectivity index (χ2v) is 9.17. The first-order valence-electron chi connectivity index (χ1n) is 11.7. The third-order valence-electron chi connectivity index (χ3n) is 7.58. The standard InChI is InChI=1S/C26H32N4O/c1-2-26(14-11-23(31)28-18-19-8-5-6-15-27-19)13-7-16-30-17-12-21-20-9-3-4-10-22(20)29-24(21)25(26)30/h3-6,8-10,15,25,29H,2,7,11-14,16-18H2,1H3,(H,28,31)/t25-,26-/m1/s1. The molecule has 1 aromatic carbocycles. The highest BCUT2D eigenvalue weighted by Crippen LogP contribution is 2.53. The predicted octanol–water partition coefficient (Wildman–Crippen LogP) is 4.75. The molecule has 0 unspecified atom stereocenters. The number of aromatic nitrogens is 2. The molecule has 0 spiro atoms. The van der Waals surface area contributed by atoms with Crippen molar-refractivity contribution in [2.24, 2.45) is 5.41 Å². The number of H-pyrrole nitrogens is 1. The summed E-state index contributed by atoms with van der Waals surface area (Å²) >= 11 is 0. The fourth-order valence-corrected chi connectivity index (χ4v) is 5.95. The maximum atomic E-state index is 12.7. The van der Waals surface area contributed by atoms with Crippen molar-refractivity contribution in [2.75, 3.05) is 13.1 Å². The van der Waals surface area contributed by atoms with Crippen LogP contribution in [0.15, 0.2) is 48.7 Å². The molecule has 1 saturated heterocycles. The second-order valence-electron chi connectivity index (χ2n) is 9.17. The number of pyridine rings is 1. The molecule has 2 aliphatic heterocycles. The van der Waals surface area contributed by atoms with E-state index < -0.39 is 0 Å². The molecule has 5 heteroatoms. The van der Waals surface area contributed by atoms with Gasteiger partial charge in [-0.25, -0.2) is 0 Å². The molecule has 5 nitrogen and oxygen atoms in total. The lowest BCUT2D eigenvalue weighted by molar-refractivity contribution is -0.122. The number of rotatable bonds is 6. The van der Waals surface area contributed by atoms with Crippen molar-refractivity contribution < 1.29 is 4.79 Å². The summed E-state index contributed by atoms with van der Waals surface area (Å²) in [5.41, 5.74) is 5.19. The van der Waals surface area contributed by atoms with Crippen molar-refractivity contribution in [3.63, 3.8) is 0 Å². The average molecular weight is 417 g/mol.